The molecule has 0 unspecified atom stereocenters. The first-order valence-electron chi connectivity index (χ1n) is 5.02. The summed E-state index contributed by atoms with van der Waals surface area (Å²) in [5.41, 5.74) is 0.983. The van der Waals surface area contributed by atoms with Crippen LogP contribution in [0.5, 0.6) is 5.75 Å². The average Bonchev–Trinajstić information content (AvgIpc) is 2.29. The molecule has 0 bridgehead atoms. The molecule has 2 rings (SSSR count). The number of carbonyl (C=O) groups is 1. The average molecular weight is 339 g/mol. The van der Waals surface area contributed by atoms with E-state index in [1.807, 2.05) is 18.2 Å². The Labute approximate surface area is 113 Å². The van der Waals surface area contributed by atoms with Crippen molar-refractivity contribution in [3.8, 4) is 5.75 Å². The number of phenols is 1. The van der Waals surface area contributed by atoms with E-state index in [-0.39, 0.29) is 17.2 Å². The number of halogens is 1. The van der Waals surface area contributed by atoms with Crippen LogP contribution in [0.15, 0.2) is 48.5 Å². The second kappa shape index (κ2) is 5.18. The molecule has 0 heterocycles. The lowest BCUT2D eigenvalue weighted by molar-refractivity contribution is 0.102. The molecule has 0 aliphatic rings. The van der Waals surface area contributed by atoms with Gasteiger partial charge in [-0.2, -0.15) is 0 Å². The summed E-state index contributed by atoms with van der Waals surface area (Å²) in [4.78, 5) is 11.9. The number of anilines is 1. The highest BCUT2D eigenvalue weighted by Crippen LogP contribution is 2.18. The van der Waals surface area contributed by atoms with E-state index in [0.717, 1.165) is 3.57 Å². The van der Waals surface area contributed by atoms with Gasteiger partial charge in [0, 0.05) is 9.26 Å². The summed E-state index contributed by atoms with van der Waals surface area (Å²) in [5.74, 6) is -0.333. The minimum absolute atomic E-state index is 0.0179. The van der Waals surface area contributed by atoms with Gasteiger partial charge < -0.3 is 10.4 Å². The lowest BCUT2D eigenvalue weighted by Gasteiger charge is -2.06. The largest absolute Gasteiger partial charge is 0.507 e. The number of nitrogens with one attached hydrogen (secondary N) is 1. The second-order valence-corrected chi connectivity index (χ2v) is 4.73. The van der Waals surface area contributed by atoms with Gasteiger partial charge in [-0.25, -0.2) is 0 Å². The monoisotopic (exact) mass is 339 g/mol. The van der Waals surface area contributed by atoms with Gasteiger partial charge in [-0.05, 0) is 52.9 Å². The lowest BCUT2D eigenvalue weighted by atomic mass is 10.2. The molecule has 0 aliphatic carbocycles. The van der Waals surface area contributed by atoms with Gasteiger partial charge in [-0.3, -0.25) is 4.79 Å². The fraction of sp³-hybridized carbons (Fsp3) is 0. The zero-order chi connectivity index (χ0) is 12.3. The van der Waals surface area contributed by atoms with E-state index in [1.54, 1.807) is 24.3 Å². The molecule has 2 aromatic carbocycles. The van der Waals surface area contributed by atoms with Crippen molar-refractivity contribution in [3.05, 3.63) is 57.7 Å². The van der Waals surface area contributed by atoms with Crippen LogP contribution in [0.25, 0.3) is 0 Å². The second-order valence-electron chi connectivity index (χ2n) is 3.48. The first-order valence-corrected chi connectivity index (χ1v) is 6.09. The van der Waals surface area contributed by atoms with Crippen LogP contribution in [0, 0.1) is 3.57 Å². The summed E-state index contributed by atoms with van der Waals surface area (Å²) < 4.78 is 1.04. The molecule has 0 saturated carbocycles. The predicted octanol–water partition coefficient (Wildman–Crippen LogP) is 3.25. The molecular formula is C13H10INO2. The number of rotatable bonds is 2. The number of phenolic OH excluding ortho intramolecular Hbond substituents is 1. The molecule has 2 N–H and O–H groups in total. The molecule has 0 atom stereocenters. The van der Waals surface area contributed by atoms with Gasteiger partial charge in [0.1, 0.15) is 5.75 Å². The Morgan fingerprint density at radius 3 is 2.59 bits per heavy atom. The van der Waals surface area contributed by atoms with Crippen LogP contribution in [0.1, 0.15) is 10.4 Å². The molecule has 0 aromatic heterocycles. The third kappa shape index (κ3) is 2.97. The number of carbonyl (C=O) groups excluding carboxylic acids is 1. The molecule has 17 heavy (non-hydrogen) atoms. The van der Waals surface area contributed by atoms with Crippen molar-refractivity contribution in [2.75, 3.05) is 5.32 Å². The first kappa shape index (κ1) is 11.9. The molecule has 2 aromatic rings. The molecule has 4 heteroatoms. The van der Waals surface area contributed by atoms with Gasteiger partial charge in [0.05, 0.1) is 5.56 Å². The Balaban J connectivity index is 2.20. The quantitative estimate of drug-likeness (QED) is 0.826. The zero-order valence-electron chi connectivity index (χ0n) is 8.85. The molecule has 1 amide bonds. The molecule has 86 valence electrons. The number of para-hydroxylation sites is 1. The Bertz CT molecular complexity index is 555. The van der Waals surface area contributed by atoms with Crippen molar-refractivity contribution >= 4 is 34.2 Å². The number of aromatic hydroxyl groups is 1. The van der Waals surface area contributed by atoms with Gasteiger partial charge in [-0.15, -0.1) is 0 Å². The normalized spacial score (nSPS) is 9.94. The van der Waals surface area contributed by atoms with Crippen LogP contribution in [0.3, 0.4) is 0 Å². The van der Waals surface area contributed by atoms with Crippen molar-refractivity contribution in [2.24, 2.45) is 0 Å². The summed E-state index contributed by atoms with van der Waals surface area (Å²) in [6, 6.07) is 13.9. The summed E-state index contributed by atoms with van der Waals surface area (Å²) in [5, 5.41) is 12.3. The van der Waals surface area contributed by atoms with E-state index in [2.05, 4.69) is 27.9 Å². The van der Waals surface area contributed by atoms with E-state index in [0.29, 0.717) is 5.69 Å². The third-order valence-corrected chi connectivity index (χ3v) is 2.90. The number of benzene rings is 2. The first-order chi connectivity index (χ1) is 8.16. The maximum atomic E-state index is 11.9. The Kier molecular flexibility index (Phi) is 3.63. The predicted molar refractivity (Wildman–Crippen MR) is 75.2 cm³/mol. The molecule has 3 nitrogen and oxygen atoms in total. The molecule has 0 aliphatic heterocycles. The van der Waals surface area contributed by atoms with Crippen molar-refractivity contribution in [2.45, 2.75) is 0 Å². The molecule has 0 saturated heterocycles. The summed E-state index contributed by atoms with van der Waals surface area (Å²) in [7, 11) is 0. The number of hydrogen-bond donors (Lipinski definition) is 2. The van der Waals surface area contributed by atoms with Crippen LogP contribution in [0.4, 0.5) is 5.69 Å². The van der Waals surface area contributed by atoms with E-state index >= 15 is 0 Å². The van der Waals surface area contributed by atoms with Gasteiger partial charge in [0.25, 0.3) is 5.91 Å². The zero-order valence-corrected chi connectivity index (χ0v) is 11.0. The standard InChI is InChI=1S/C13H10INO2/c14-9-4-3-5-10(8-9)15-13(17)11-6-1-2-7-12(11)16/h1-8,16H,(H,15,17). The van der Waals surface area contributed by atoms with Crippen LogP contribution >= 0.6 is 22.6 Å². The highest BCUT2D eigenvalue weighted by atomic mass is 127. The van der Waals surface area contributed by atoms with Crippen molar-refractivity contribution < 1.29 is 9.90 Å². The maximum Gasteiger partial charge on any atom is 0.259 e. The molecule has 0 spiro atoms. The highest BCUT2D eigenvalue weighted by Gasteiger charge is 2.10. The van der Waals surface area contributed by atoms with E-state index in [9.17, 15) is 9.90 Å². The van der Waals surface area contributed by atoms with Gasteiger partial charge >= 0.3 is 0 Å². The molecule has 0 fully saturated rings. The topological polar surface area (TPSA) is 49.3 Å². The minimum Gasteiger partial charge on any atom is -0.507 e. The maximum absolute atomic E-state index is 11.9. The van der Waals surface area contributed by atoms with E-state index < -0.39 is 0 Å². The summed E-state index contributed by atoms with van der Waals surface area (Å²) >= 11 is 2.17. The summed E-state index contributed by atoms with van der Waals surface area (Å²) in [6.45, 7) is 0. The van der Waals surface area contributed by atoms with Crippen LogP contribution < -0.4 is 5.32 Å². The van der Waals surface area contributed by atoms with Crippen molar-refractivity contribution in [1.82, 2.24) is 0 Å². The SMILES string of the molecule is O=C(Nc1cccc(I)c1)c1ccccc1O. The highest BCUT2D eigenvalue weighted by molar-refractivity contribution is 14.1. The van der Waals surface area contributed by atoms with Gasteiger partial charge in [0.2, 0.25) is 0 Å². The van der Waals surface area contributed by atoms with Crippen LogP contribution in [-0.4, -0.2) is 11.0 Å². The van der Waals surface area contributed by atoms with Crippen LogP contribution in [0.2, 0.25) is 0 Å². The fourth-order valence-corrected chi connectivity index (χ4v) is 1.97. The Hall–Kier alpha value is -1.56. The lowest BCUT2D eigenvalue weighted by Crippen LogP contribution is -2.11. The van der Waals surface area contributed by atoms with Gasteiger partial charge in [-0.1, -0.05) is 18.2 Å². The Morgan fingerprint density at radius 1 is 1.12 bits per heavy atom. The molecular weight excluding hydrogens is 329 g/mol. The van der Waals surface area contributed by atoms with Crippen LogP contribution in [-0.2, 0) is 0 Å². The minimum atomic E-state index is -0.315. The van der Waals surface area contributed by atoms with E-state index in [4.69, 9.17) is 0 Å². The number of amides is 1. The fourth-order valence-electron chi connectivity index (χ4n) is 1.43. The third-order valence-electron chi connectivity index (χ3n) is 2.23. The van der Waals surface area contributed by atoms with Crippen molar-refractivity contribution in [1.29, 1.82) is 0 Å². The summed E-state index contributed by atoms with van der Waals surface area (Å²) in [6.07, 6.45) is 0. The van der Waals surface area contributed by atoms with Gasteiger partial charge in [0.15, 0.2) is 0 Å². The molecule has 0 radical (unpaired) electrons. The van der Waals surface area contributed by atoms with E-state index in [1.165, 1.54) is 6.07 Å². The van der Waals surface area contributed by atoms with Crippen molar-refractivity contribution in [3.63, 3.8) is 0 Å². The smallest absolute Gasteiger partial charge is 0.259 e. The Morgan fingerprint density at radius 2 is 1.88 bits per heavy atom. The number of hydrogen-bond acceptors (Lipinski definition) is 2.